The normalized spacial score (nSPS) is 26.9. The van der Waals surface area contributed by atoms with Gasteiger partial charge in [0, 0.05) is 6.61 Å². The number of aliphatic hydroxyl groups excluding tert-OH is 1. The van der Waals surface area contributed by atoms with Gasteiger partial charge in [-0.2, -0.15) is 0 Å². The Kier molecular flexibility index (Phi) is 5.15. The van der Waals surface area contributed by atoms with E-state index in [9.17, 15) is 5.11 Å². The van der Waals surface area contributed by atoms with Crippen LogP contribution >= 0.6 is 0 Å². The highest BCUT2D eigenvalue weighted by atomic mass is 16.7. The first-order valence-electron chi connectivity index (χ1n) is 5.30. The third kappa shape index (κ3) is 3.78. The van der Waals surface area contributed by atoms with E-state index in [1.165, 1.54) is 0 Å². The Labute approximate surface area is 85.7 Å². The summed E-state index contributed by atoms with van der Waals surface area (Å²) in [6.45, 7) is 6.22. The standard InChI is InChI=1S/C11H20O3/c1-3-6-10(12)9(2)14-11-7-4-5-8-13-11/h3,9-12H,1,4-8H2,2H3/t9-,10?,11?/m0/s1. The highest BCUT2D eigenvalue weighted by Crippen LogP contribution is 2.17. The largest absolute Gasteiger partial charge is 0.390 e. The second-order valence-electron chi connectivity index (χ2n) is 3.73. The van der Waals surface area contributed by atoms with Gasteiger partial charge in [0.1, 0.15) is 0 Å². The molecule has 0 saturated carbocycles. The summed E-state index contributed by atoms with van der Waals surface area (Å²) in [7, 11) is 0. The Bertz CT molecular complexity index is 164. The fourth-order valence-corrected chi connectivity index (χ4v) is 1.51. The van der Waals surface area contributed by atoms with Crippen molar-refractivity contribution in [3.8, 4) is 0 Å². The molecule has 0 spiro atoms. The highest BCUT2D eigenvalue weighted by molar-refractivity contribution is 4.76. The molecule has 0 aromatic rings. The third-order valence-corrected chi connectivity index (χ3v) is 2.45. The molecule has 1 aliphatic heterocycles. The lowest BCUT2D eigenvalue weighted by molar-refractivity contribution is -0.201. The topological polar surface area (TPSA) is 38.7 Å². The van der Waals surface area contributed by atoms with Crippen LogP contribution in [-0.2, 0) is 9.47 Å². The Balaban J connectivity index is 2.23. The first-order valence-corrected chi connectivity index (χ1v) is 5.30. The van der Waals surface area contributed by atoms with Crippen molar-refractivity contribution in [1.29, 1.82) is 0 Å². The van der Waals surface area contributed by atoms with Gasteiger partial charge in [-0.15, -0.1) is 6.58 Å². The second-order valence-corrected chi connectivity index (χ2v) is 3.73. The molecule has 1 rings (SSSR count). The molecule has 0 amide bonds. The summed E-state index contributed by atoms with van der Waals surface area (Å²) in [6, 6.07) is 0. The Morgan fingerprint density at radius 3 is 3.00 bits per heavy atom. The van der Waals surface area contributed by atoms with Crippen molar-refractivity contribution in [2.75, 3.05) is 6.61 Å². The summed E-state index contributed by atoms with van der Waals surface area (Å²) in [4.78, 5) is 0. The first kappa shape index (κ1) is 11.7. The molecule has 3 nitrogen and oxygen atoms in total. The van der Waals surface area contributed by atoms with Gasteiger partial charge in [-0.25, -0.2) is 0 Å². The van der Waals surface area contributed by atoms with E-state index in [4.69, 9.17) is 9.47 Å². The van der Waals surface area contributed by atoms with Crippen LogP contribution in [0.25, 0.3) is 0 Å². The quantitative estimate of drug-likeness (QED) is 0.688. The first-order chi connectivity index (χ1) is 6.74. The van der Waals surface area contributed by atoms with E-state index in [-0.39, 0.29) is 12.4 Å². The molecular formula is C11H20O3. The number of ether oxygens (including phenoxy) is 2. The van der Waals surface area contributed by atoms with Crippen LogP contribution in [0.2, 0.25) is 0 Å². The average Bonchev–Trinajstić information content (AvgIpc) is 2.19. The van der Waals surface area contributed by atoms with E-state index in [2.05, 4.69) is 6.58 Å². The van der Waals surface area contributed by atoms with E-state index in [0.717, 1.165) is 25.9 Å². The zero-order chi connectivity index (χ0) is 10.4. The van der Waals surface area contributed by atoms with Crippen molar-refractivity contribution < 1.29 is 14.6 Å². The average molecular weight is 200 g/mol. The van der Waals surface area contributed by atoms with Gasteiger partial charge in [0.2, 0.25) is 0 Å². The molecule has 0 bridgehead atoms. The van der Waals surface area contributed by atoms with Crippen molar-refractivity contribution >= 4 is 0 Å². The third-order valence-electron chi connectivity index (χ3n) is 2.45. The van der Waals surface area contributed by atoms with Crippen LogP contribution in [0.1, 0.15) is 32.6 Å². The van der Waals surface area contributed by atoms with E-state index in [1.54, 1.807) is 6.08 Å². The minimum Gasteiger partial charge on any atom is -0.390 e. The van der Waals surface area contributed by atoms with Gasteiger partial charge in [-0.05, 0) is 32.6 Å². The summed E-state index contributed by atoms with van der Waals surface area (Å²) >= 11 is 0. The van der Waals surface area contributed by atoms with Crippen LogP contribution in [0.5, 0.6) is 0 Å². The van der Waals surface area contributed by atoms with Crippen molar-refractivity contribution in [2.45, 2.75) is 51.1 Å². The van der Waals surface area contributed by atoms with Gasteiger partial charge in [0.25, 0.3) is 0 Å². The van der Waals surface area contributed by atoms with Crippen molar-refractivity contribution in [1.82, 2.24) is 0 Å². The maximum atomic E-state index is 9.60. The van der Waals surface area contributed by atoms with E-state index in [1.807, 2.05) is 6.92 Å². The van der Waals surface area contributed by atoms with Crippen molar-refractivity contribution in [2.24, 2.45) is 0 Å². The van der Waals surface area contributed by atoms with Crippen LogP contribution in [0.3, 0.4) is 0 Å². The van der Waals surface area contributed by atoms with E-state index < -0.39 is 6.10 Å². The predicted octanol–water partition coefficient (Wildman–Crippen LogP) is 1.86. The lowest BCUT2D eigenvalue weighted by Crippen LogP contribution is -2.33. The molecule has 0 aromatic carbocycles. The molecule has 1 fully saturated rings. The van der Waals surface area contributed by atoms with Crippen LogP contribution in [-0.4, -0.2) is 30.2 Å². The molecule has 1 heterocycles. The van der Waals surface area contributed by atoms with Gasteiger partial charge < -0.3 is 14.6 Å². The van der Waals surface area contributed by atoms with Crippen LogP contribution in [0.15, 0.2) is 12.7 Å². The maximum absolute atomic E-state index is 9.60. The molecule has 2 unspecified atom stereocenters. The smallest absolute Gasteiger partial charge is 0.158 e. The lowest BCUT2D eigenvalue weighted by Gasteiger charge is -2.27. The molecule has 1 N–H and O–H groups in total. The number of hydrogen-bond donors (Lipinski definition) is 1. The van der Waals surface area contributed by atoms with Gasteiger partial charge >= 0.3 is 0 Å². The zero-order valence-corrected chi connectivity index (χ0v) is 8.82. The molecule has 3 atom stereocenters. The summed E-state index contributed by atoms with van der Waals surface area (Å²) in [6.07, 6.45) is 4.68. The minimum atomic E-state index is -0.474. The molecule has 14 heavy (non-hydrogen) atoms. The number of aliphatic hydroxyl groups is 1. The van der Waals surface area contributed by atoms with Gasteiger partial charge in [-0.1, -0.05) is 6.08 Å². The second kappa shape index (κ2) is 6.17. The molecule has 1 aliphatic rings. The van der Waals surface area contributed by atoms with E-state index in [0.29, 0.717) is 6.42 Å². The van der Waals surface area contributed by atoms with Crippen molar-refractivity contribution in [3.05, 3.63) is 12.7 Å². The molecular weight excluding hydrogens is 180 g/mol. The fraction of sp³-hybridized carbons (Fsp3) is 0.818. The van der Waals surface area contributed by atoms with Crippen molar-refractivity contribution in [3.63, 3.8) is 0 Å². The highest BCUT2D eigenvalue weighted by Gasteiger charge is 2.21. The Morgan fingerprint density at radius 2 is 2.43 bits per heavy atom. The molecule has 0 aromatic heterocycles. The summed E-state index contributed by atoms with van der Waals surface area (Å²) in [5, 5.41) is 9.60. The maximum Gasteiger partial charge on any atom is 0.158 e. The summed E-state index contributed by atoms with van der Waals surface area (Å²) in [5.74, 6) is 0. The lowest BCUT2D eigenvalue weighted by atomic mass is 10.1. The van der Waals surface area contributed by atoms with E-state index >= 15 is 0 Å². The van der Waals surface area contributed by atoms with Crippen LogP contribution in [0, 0.1) is 0 Å². The molecule has 82 valence electrons. The molecule has 0 radical (unpaired) electrons. The number of hydrogen-bond acceptors (Lipinski definition) is 3. The number of rotatable bonds is 5. The monoisotopic (exact) mass is 200 g/mol. The van der Waals surface area contributed by atoms with Crippen LogP contribution in [0.4, 0.5) is 0 Å². The Morgan fingerprint density at radius 1 is 1.64 bits per heavy atom. The molecule has 1 saturated heterocycles. The van der Waals surface area contributed by atoms with Crippen LogP contribution < -0.4 is 0 Å². The zero-order valence-electron chi connectivity index (χ0n) is 8.82. The van der Waals surface area contributed by atoms with Gasteiger partial charge in [0.05, 0.1) is 12.2 Å². The Hall–Kier alpha value is -0.380. The molecule has 3 heteroatoms. The summed E-state index contributed by atoms with van der Waals surface area (Å²) < 4.78 is 11.0. The molecule has 0 aliphatic carbocycles. The summed E-state index contributed by atoms with van der Waals surface area (Å²) in [5.41, 5.74) is 0. The van der Waals surface area contributed by atoms with Gasteiger partial charge in [-0.3, -0.25) is 0 Å². The van der Waals surface area contributed by atoms with Gasteiger partial charge in [0.15, 0.2) is 6.29 Å². The fourth-order valence-electron chi connectivity index (χ4n) is 1.51. The SMILES string of the molecule is C=CCC(O)[C@H](C)OC1CCCCO1. The predicted molar refractivity (Wildman–Crippen MR) is 55.0 cm³/mol. The minimum absolute atomic E-state index is 0.127.